The lowest BCUT2D eigenvalue weighted by molar-refractivity contribution is -0.121. The molecule has 0 spiro atoms. The summed E-state index contributed by atoms with van der Waals surface area (Å²) in [6.07, 6.45) is 2.04. The van der Waals surface area contributed by atoms with Crippen molar-refractivity contribution in [3.63, 3.8) is 0 Å². The van der Waals surface area contributed by atoms with Crippen LogP contribution >= 0.6 is 0 Å². The Hall–Kier alpha value is -2.67. The van der Waals surface area contributed by atoms with Crippen molar-refractivity contribution in [3.05, 3.63) is 65.7 Å². The fraction of sp³-hybridized carbons (Fsp3) is 0.263. The van der Waals surface area contributed by atoms with Crippen molar-refractivity contribution in [2.24, 2.45) is 5.92 Å². The average Bonchev–Trinajstić information content (AvgIpc) is 3.46. The van der Waals surface area contributed by atoms with Crippen LogP contribution in [0.1, 0.15) is 34.8 Å². The minimum atomic E-state index is -3.97. The quantitative estimate of drug-likeness (QED) is 0.874. The molecule has 1 aliphatic heterocycles. The van der Waals surface area contributed by atoms with Gasteiger partial charge in [-0.05, 0) is 36.5 Å². The van der Waals surface area contributed by atoms with Gasteiger partial charge in [-0.2, -0.15) is 0 Å². The third kappa shape index (κ3) is 2.88. The highest BCUT2D eigenvalue weighted by molar-refractivity contribution is 7.90. The molecule has 2 amide bonds. The molecule has 4 rings (SSSR count). The minimum absolute atomic E-state index is 0.0420. The van der Waals surface area contributed by atoms with Gasteiger partial charge in [0.2, 0.25) is 5.91 Å². The van der Waals surface area contributed by atoms with Gasteiger partial charge in [0.15, 0.2) is 0 Å². The van der Waals surface area contributed by atoms with E-state index in [9.17, 15) is 18.0 Å². The van der Waals surface area contributed by atoms with E-state index in [2.05, 4.69) is 5.32 Å². The van der Waals surface area contributed by atoms with Crippen molar-refractivity contribution in [2.75, 3.05) is 6.54 Å². The van der Waals surface area contributed by atoms with Crippen molar-refractivity contribution in [2.45, 2.75) is 23.8 Å². The molecule has 1 saturated carbocycles. The van der Waals surface area contributed by atoms with Crippen LogP contribution in [0.3, 0.4) is 0 Å². The Bertz CT molecular complexity index is 968. The lowest BCUT2D eigenvalue weighted by atomic mass is 10.0. The Labute approximate surface area is 151 Å². The van der Waals surface area contributed by atoms with Gasteiger partial charge >= 0.3 is 0 Å². The largest absolute Gasteiger partial charge is 0.347 e. The molecule has 1 aliphatic carbocycles. The summed E-state index contributed by atoms with van der Waals surface area (Å²) >= 11 is 0. The molecular formula is C19H18N2O4S. The maximum Gasteiger partial charge on any atom is 0.269 e. The van der Waals surface area contributed by atoms with Gasteiger partial charge in [0.05, 0.1) is 11.6 Å². The second kappa shape index (κ2) is 6.25. The standard InChI is InChI=1S/C19H18N2O4S/c22-17(20-18(14-10-11-14)13-6-2-1-3-7-13)12-21-19(23)15-8-4-5-9-16(15)26(21,24)25/h1-9,14,18H,10-12H2,(H,20,22). The first-order chi connectivity index (χ1) is 12.5. The highest BCUT2D eigenvalue weighted by Gasteiger charge is 2.42. The summed E-state index contributed by atoms with van der Waals surface area (Å²) in [6.45, 7) is -0.508. The van der Waals surface area contributed by atoms with Crippen LogP contribution in [0.15, 0.2) is 59.5 Å². The summed E-state index contributed by atoms with van der Waals surface area (Å²) < 4.78 is 25.8. The number of hydrogen-bond donors (Lipinski definition) is 1. The Balaban J connectivity index is 1.53. The van der Waals surface area contributed by atoms with Gasteiger partial charge in [-0.25, -0.2) is 12.7 Å². The summed E-state index contributed by atoms with van der Waals surface area (Å²) in [6, 6.07) is 15.5. The van der Waals surface area contributed by atoms with Crippen molar-refractivity contribution in [1.82, 2.24) is 9.62 Å². The van der Waals surface area contributed by atoms with E-state index < -0.39 is 28.4 Å². The second-order valence-corrected chi connectivity index (χ2v) is 8.44. The predicted molar refractivity (Wildman–Crippen MR) is 94.7 cm³/mol. The third-order valence-corrected chi connectivity index (χ3v) is 6.55. The van der Waals surface area contributed by atoms with Crippen molar-refractivity contribution >= 4 is 21.8 Å². The topological polar surface area (TPSA) is 83.6 Å². The van der Waals surface area contributed by atoms with Crippen LogP contribution in [0, 0.1) is 5.92 Å². The van der Waals surface area contributed by atoms with E-state index >= 15 is 0 Å². The molecule has 0 saturated heterocycles. The minimum Gasteiger partial charge on any atom is -0.347 e. The zero-order chi connectivity index (χ0) is 18.3. The van der Waals surface area contributed by atoms with E-state index in [4.69, 9.17) is 0 Å². The van der Waals surface area contributed by atoms with Crippen LogP contribution in [0.5, 0.6) is 0 Å². The molecule has 7 heteroatoms. The zero-order valence-corrected chi connectivity index (χ0v) is 14.8. The summed E-state index contributed by atoms with van der Waals surface area (Å²) in [5.74, 6) is -0.779. The van der Waals surface area contributed by atoms with Crippen LogP contribution in [0.25, 0.3) is 0 Å². The number of carbonyl (C=O) groups is 2. The molecule has 6 nitrogen and oxygen atoms in total. The van der Waals surface area contributed by atoms with Crippen LogP contribution in [0.4, 0.5) is 0 Å². The first-order valence-electron chi connectivity index (χ1n) is 8.49. The maximum absolute atomic E-state index is 12.6. The number of nitrogens with zero attached hydrogens (tertiary/aromatic N) is 1. The average molecular weight is 370 g/mol. The monoisotopic (exact) mass is 370 g/mol. The number of rotatable bonds is 5. The Morgan fingerprint density at radius 2 is 1.73 bits per heavy atom. The van der Waals surface area contributed by atoms with E-state index in [1.54, 1.807) is 12.1 Å². The fourth-order valence-corrected chi connectivity index (χ4v) is 4.83. The highest BCUT2D eigenvalue weighted by atomic mass is 32.2. The predicted octanol–water partition coefficient (Wildman–Crippen LogP) is 2.10. The van der Waals surface area contributed by atoms with Gasteiger partial charge in [-0.1, -0.05) is 42.5 Å². The molecule has 134 valence electrons. The molecule has 0 radical (unpaired) electrons. The van der Waals surface area contributed by atoms with Gasteiger partial charge in [-0.15, -0.1) is 0 Å². The van der Waals surface area contributed by atoms with E-state index in [1.165, 1.54) is 12.1 Å². The van der Waals surface area contributed by atoms with Gasteiger partial charge in [-0.3, -0.25) is 9.59 Å². The van der Waals surface area contributed by atoms with Crippen LogP contribution in [-0.4, -0.2) is 31.1 Å². The lowest BCUT2D eigenvalue weighted by Gasteiger charge is -2.21. The maximum atomic E-state index is 12.6. The Kier molecular flexibility index (Phi) is 4.03. The molecule has 2 aromatic carbocycles. The summed E-state index contributed by atoms with van der Waals surface area (Å²) in [4.78, 5) is 24.9. The lowest BCUT2D eigenvalue weighted by Crippen LogP contribution is -2.42. The van der Waals surface area contributed by atoms with Gasteiger partial charge in [0.25, 0.3) is 15.9 Å². The molecule has 0 aromatic heterocycles. The molecule has 2 aliphatic rings. The van der Waals surface area contributed by atoms with Crippen LogP contribution in [0.2, 0.25) is 0 Å². The normalized spacial score (nSPS) is 19.1. The number of fused-ring (bicyclic) bond motifs is 1. The molecule has 1 N–H and O–H groups in total. The first kappa shape index (κ1) is 16.8. The van der Waals surface area contributed by atoms with Gasteiger partial charge in [0.1, 0.15) is 11.4 Å². The summed E-state index contributed by atoms with van der Waals surface area (Å²) in [5, 5.41) is 2.91. The molecular weight excluding hydrogens is 352 g/mol. The number of sulfonamides is 1. The number of nitrogens with one attached hydrogen (secondary N) is 1. The number of benzene rings is 2. The Morgan fingerprint density at radius 1 is 1.08 bits per heavy atom. The number of amides is 2. The first-order valence-corrected chi connectivity index (χ1v) is 9.93. The molecule has 26 heavy (non-hydrogen) atoms. The van der Waals surface area contributed by atoms with E-state index in [-0.39, 0.29) is 16.5 Å². The van der Waals surface area contributed by atoms with Crippen molar-refractivity contribution in [3.8, 4) is 0 Å². The fourth-order valence-electron chi connectivity index (χ4n) is 3.30. The molecule has 1 heterocycles. The Morgan fingerprint density at radius 3 is 2.38 bits per heavy atom. The summed E-state index contributed by atoms with van der Waals surface area (Å²) in [5.41, 5.74) is 1.10. The van der Waals surface area contributed by atoms with E-state index in [1.807, 2.05) is 30.3 Å². The molecule has 1 unspecified atom stereocenters. The number of hydrogen-bond acceptors (Lipinski definition) is 4. The SMILES string of the molecule is O=C(CN1C(=O)c2ccccc2S1(=O)=O)NC(c1ccccc1)C1CC1. The van der Waals surface area contributed by atoms with Crippen molar-refractivity contribution < 1.29 is 18.0 Å². The van der Waals surface area contributed by atoms with Gasteiger partial charge < -0.3 is 5.32 Å². The van der Waals surface area contributed by atoms with Crippen molar-refractivity contribution in [1.29, 1.82) is 0 Å². The molecule has 1 atom stereocenters. The highest BCUT2D eigenvalue weighted by Crippen LogP contribution is 2.41. The van der Waals surface area contributed by atoms with Crippen LogP contribution in [-0.2, 0) is 14.8 Å². The van der Waals surface area contributed by atoms with E-state index in [0.717, 1.165) is 18.4 Å². The van der Waals surface area contributed by atoms with E-state index in [0.29, 0.717) is 10.2 Å². The second-order valence-electron chi connectivity index (χ2n) is 6.61. The summed E-state index contributed by atoms with van der Waals surface area (Å²) in [7, 11) is -3.97. The third-order valence-electron chi connectivity index (χ3n) is 4.77. The molecule has 0 bridgehead atoms. The number of carbonyl (C=O) groups excluding carboxylic acids is 2. The van der Waals surface area contributed by atoms with Crippen LogP contribution < -0.4 is 5.32 Å². The molecule has 2 aromatic rings. The zero-order valence-electron chi connectivity index (χ0n) is 14.0. The smallest absolute Gasteiger partial charge is 0.269 e. The molecule has 1 fully saturated rings. The van der Waals surface area contributed by atoms with Gasteiger partial charge in [0, 0.05) is 0 Å².